The normalized spacial score (nSPS) is 10.3. The minimum Gasteiger partial charge on any atom is -0.384 e. The molecule has 0 unspecified atom stereocenters. The molecule has 2 aromatic rings. The average molecular weight is 384 g/mol. The fourth-order valence-electron chi connectivity index (χ4n) is 1.64. The summed E-state index contributed by atoms with van der Waals surface area (Å²) in [5.41, 5.74) is 7.12. The molecule has 4 nitrogen and oxygen atoms in total. The van der Waals surface area contributed by atoms with Gasteiger partial charge in [0.1, 0.15) is 11.7 Å². The van der Waals surface area contributed by atoms with Crippen molar-refractivity contribution in [3.8, 4) is 0 Å². The molecule has 0 saturated heterocycles. The molecule has 0 aliphatic heterocycles. The first-order chi connectivity index (χ1) is 8.99. The Bertz CT molecular complexity index is 611. The topological polar surface area (TPSA) is 66.0 Å². The van der Waals surface area contributed by atoms with Crippen LogP contribution < -0.4 is 10.6 Å². The van der Waals surface area contributed by atoms with Crippen LogP contribution in [0, 0.1) is 5.41 Å². The molecular formula is C13H12Br2N4. The number of anilines is 2. The number of nitrogen functional groups attached to an aromatic ring is 1. The number of amidine groups is 1. The van der Waals surface area contributed by atoms with E-state index in [-0.39, 0.29) is 5.84 Å². The van der Waals surface area contributed by atoms with E-state index in [2.05, 4.69) is 36.8 Å². The van der Waals surface area contributed by atoms with Crippen molar-refractivity contribution in [2.45, 2.75) is 0 Å². The molecule has 0 aliphatic rings. The number of rotatable bonds is 3. The molecule has 1 aromatic heterocycles. The van der Waals surface area contributed by atoms with Crippen molar-refractivity contribution in [3.63, 3.8) is 0 Å². The molecule has 6 heteroatoms. The number of pyridine rings is 1. The Morgan fingerprint density at radius 2 is 1.89 bits per heavy atom. The highest BCUT2D eigenvalue weighted by atomic mass is 79.9. The lowest BCUT2D eigenvalue weighted by atomic mass is 10.2. The summed E-state index contributed by atoms with van der Waals surface area (Å²) in [4.78, 5) is 6.34. The van der Waals surface area contributed by atoms with Crippen molar-refractivity contribution in [2.75, 3.05) is 11.9 Å². The van der Waals surface area contributed by atoms with Gasteiger partial charge in [-0.15, -0.1) is 0 Å². The number of benzene rings is 1. The highest BCUT2D eigenvalue weighted by Gasteiger charge is 2.10. The third-order valence-electron chi connectivity index (χ3n) is 2.67. The maximum Gasteiger partial charge on any atom is 0.147 e. The zero-order valence-electron chi connectivity index (χ0n) is 10.2. The van der Waals surface area contributed by atoms with E-state index in [1.54, 1.807) is 6.20 Å². The lowest BCUT2D eigenvalue weighted by molar-refractivity contribution is 1.11. The third kappa shape index (κ3) is 3.13. The largest absolute Gasteiger partial charge is 0.384 e. The number of halogens is 2. The quantitative estimate of drug-likeness (QED) is 0.627. The van der Waals surface area contributed by atoms with Gasteiger partial charge in [0.15, 0.2) is 0 Å². The number of hydrogen-bond donors (Lipinski definition) is 2. The average Bonchev–Trinajstić information content (AvgIpc) is 2.38. The van der Waals surface area contributed by atoms with E-state index in [1.807, 2.05) is 42.3 Å². The van der Waals surface area contributed by atoms with Crippen LogP contribution in [-0.4, -0.2) is 17.9 Å². The molecule has 0 aliphatic carbocycles. The second-order valence-corrected chi connectivity index (χ2v) is 5.75. The second-order valence-electron chi connectivity index (χ2n) is 3.98. The van der Waals surface area contributed by atoms with Crippen molar-refractivity contribution in [1.29, 1.82) is 5.41 Å². The van der Waals surface area contributed by atoms with Crippen molar-refractivity contribution >= 4 is 49.2 Å². The van der Waals surface area contributed by atoms with Gasteiger partial charge in [0, 0.05) is 29.0 Å². The monoisotopic (exact) mass is 382 g/mol. The summed E-state index contributed by atoms with van der Waals surface area (Å²) in [5.74, 6) is 0.885. The first-order valence-corrected chi connectivity index (χ1v) is 7.07. The van der Waals surface area contributed by atoms with Gasteiger partial charge < -0.3 is 10.6 Å². The molecule has 3 N–H and O–H groups in total. The van der Waals surface area contributed by atoms with Crippen molar-refractivity contribution in [1.82, 2.24) is 4.98 Å². The number of nitrogens with one attached hydrogen (secondary N) is 1. The van der Waals surface area contributed by atoms with Crippen LogP contribution in [0.25, 0.3) is 0 Å². The highest BCUT2D eigenvalue weighted by Crippen LogP contribution is 2.30. The lowest BCUT2D eigenvalue weighted by Crippen LogP contribution is -2.13. The van der Waals surface area contributed by atoms with Crippen LogP contribution in [0.4, 0.5) is 11.5 Å². The maximum absolute atomic E-state index is 7.37. The van der Waals surface area contributed by atoms with Crippen LogP contribution in [0.1, 0.15) is 5.56 Å². The van der Waals surface area contributed by atoms with E-state index >= 15 is 0 Å². The van der Waals surface area contributed by atoms with Crippen LogP contribution in [0.2, 0.25) is 0 Å². The number of hydrogen-bond acceptors (Lipinski definition) is 3. The van der Waals surface area contributed by atoms with E-state index in [1.165, 1.54) is 0 Å². The van der Waals surface area contributed by atoms with Crippen LogP contribution in [0.15, 0.2) is 45.5 Å². The van der Waals surface area contributed by atoms with Crippen molar-refractivity contribution in [3.05, 3.63) is 51.0 Å². The SMILES string of the molecule is CN(c1ccc(C(=N)N)cc1)c1ncc(Br)cc1Br. The fourth-order valence-corrected chi connectivity index (χ4v) is 2.89. The summed E-state index contributed by atoms with van der Waals surface area (Å²) in [7, 11) is 1.93. The molecule has 0 spiro atoms. The number of nitrogens with two attached hydrogens (primary N) is 1. The zero-order chi connectivity index (χ0) is 14.0. The maximum atomic E-state index is 7.37. The molecule has 0 atom stereocenters. The molecule has 0 saturated carbocycles. The van der Waals surface area contributed by atoms with Gasteiger partial charge in [-0.05, 0) is 62.2 Å². The summed E-state index contributed by atoms with van der Waals surface area (Å²) in [5, 5.41) is 7.37. The van der Waals surface area contributed by atoms with Gasteiger partial charge in [-0.3, -0.25) is 5.41 Å². The summed E-state index contributed by atoms with van der Waals surface area (Å²) < 4.78 is 1.82. The summed E-state index contributed by atoms with van der Waals surface area (Å²) in [6.07, 6.45) is 1.75. The number of nitrogens with zero attached hydrogens (tertiary/aromatic N) is 2. The Balaban J connectivity index is 2.33. The summed E-state index contributed by atoms with van der Waals surface area (Å²) in [6.45, 7) is 0. The Kier molecular flexibility index (Phi) is 4.21. The van der Waals surface area contributed by atoms with Gasteiger partial charge in [0.25, 0.3) is 0 Å². The fraction of sp³-hybridized carbons (Fsp3) is 0.0769. The van der Waals surface area contributed by atoms with Gasteiger partial charge in [-0.25, -0.2) is 4.98 Å². The van der Waals surface area contributed by atoms with Crippen LogP contribution in [-0.2, 0) is 0 Å². The standard InChI is InChI=1S/C13H12Br2N4/c1-19(13-11(15)6-9(14)7-18-13)10-4-2-8(3-5-10)12(16)17/h2-7H,1H3,(H3,16,17). The molecule has 98 valence electrons. The molecular weight excluding hydrogens is 372 g/mol. The van der Waals surface area contributed by atoms with E-state index in [0.717, 1.165) is 20.5 Å². The molecule has 0 fully saturated rings. The summed E-state index contributed by atoms with van der Waals surface area (Å²) in [6, 6.07) is 9.41. The highest BCUT2D eigenvalue weighted by molar-refractivity contribution is 9.11. The Morgan fingerprint density at radius 1 is 1.26 bits per heavy atom. The third-order valence-corrected chi connectivity index (χ3v) is 3.69. The molecule has 1 aromatic carbocycles. The zero-order valence-corrected chi connectivity index (χ0v) is 13.4. The van der Waals surface area contributed by atoms with Gasteiger partial charge >= 0.3 is 0 Å². The Hall–Kier alpha value is -1.40. The van der Waals surface area contributed by atoms with E-state index < -0.39 is 0 Å². The molecule has 0 bridgehead atoms. The van der Waals surface area contributed by atoms with Crippen LogP contribution >= 0.6 is 31.9 Å². The van der Waals surface area contributed by atoms with Gasteiger partial charge in [-0.1, -0.05) is 0 Å². The minimum absolute atomic E-state index is 0.0668. The molecule has 0 radical (unpaired) electrons. The number of aromatic nitrogens is 1. The predicted molar refractivity (Wildman–Crippen MR) is 85.2 cm³/mol. The Labute approximate surface area is 128 Å². The lowest BCUT2D eigenvalue weighted by Gasteiger charge is -2.20. The van der Waals surface area contributed by atoms with E-state index in [4.69, 9.17) is 11.1 Å². The summed E-state index contributed by atoms with van der Waals surface area (Å²) >= 11 is 6.87. The van der Waals surface area contributed by atoms with Crippen molar-refractivity contribution in [2.24, 2.45) is 5.73 Å². The molecule has 19 heavy (non-hydrogen) atoms. The van der Waals surface area contributed by atoms with E-state index in [0.29, 0.717) is 5.56 Å². The predicted octanol–water partition coefficient (Wildman–Crippen LogP) is 3.66. The molecule has 0 amide bonds. The first-order valence-electron chi connectivity index (χ1n) is 5.48. The molecule has 1 heterocycles. The Morgan fingerprint density at radius 3 is 2.42 bits per heavy atom. The van der Waals surface area contributed by atoms with Crippen LogP contribution in [0.3, 0.4) is 0 Å². The van der Waals surface area contributed by atoms with Gasteiger partial charge in [0.05, 0.1) is 4.47 Å². The van der Waals surface area contributed by atoms with Gasteiger partial charge in [-0.2, -0.15) is 0 Å². The van der Waals surface area contributed by atoms with Crippen molar-refractivity contribution < 1.29 is 0 Å². The molecule has 2 rings (SSSR count). The smallest absolute Gasteiger partial charge is 0.147 e. The van der Waals surface area contributed by atoms with Crippen LogP contribution in [0.5, 0.6) is 0 Å². The minimum atomic E-state index is 0.0668. The van der Waals surface area contributed by atoms with Gasteiger partial charge in [0.2, 0.25) is 0 Å². The second kappa shape index (κ2) is 5.71. The van der Waals surface area contributed by atoms with E-state index in [9.17, 15) is 0 Å². The first kappa shape index (κ1) is 14.0.